The Kier molecular flexibility index (Phi) is 4.02. The van der Waals surface area contributed by atoms with Gasteiger partial charge in [-0.3, -0.25) is 9.80 Å². The van der Waals surface area contributed by atoms with Crippen LogP contribution in [0.15, 0.2) is 39.5 Å². The summed E-state index contributed by atoms with van der Waals surface area (Å²) in [6, 6.07) is 4.23. The minimum atomic E-state index is -0.351. The number of carbonyl (C=O) groups excluding carboxylic acids is 1. The van der Waals surface area contributed by atoms with E-state index in [2.05, 4.69) is 19.9 Å². The Morgan fingerprint density at radius 2 is 2.12 bits per heavy atom. The Morgan fingerprint density at radius 1 is 1.42 bits per heavy atom. The zero-order chi connectivity index (χ0) is 17.6. The van der Waals surface area contributed by atoms with Gasteiger partial charge in [0.1, 0.15) is 5.82 Å². The van der Waals surface area contributed by atoms with Gasteiger partial charge < -0.3 is 5.73 Å². The van der Waals surface area contributed by atoms with Crippen LogP contribution in [0.4, 0.5) is 0 Å². The molecule has 1 atom stereocenters. The fraction of sp³-hybridized carbons (Fsp3) is 0.444. The smallest absolute Gasteiger partial charge is 0.162 e. The van der Waals surface area contributed by atoms with E-state index in [1.807, 2.05) is 40.9 Å². The van der Waals surface area contributed by atoms with Crippen molar-refractivity contribution in [2.45, 2.75) is 32.6 Å². The summed E-state index contributed by atoms with van der Waals surface area (Å²) >= 11 is 1.56. The molecule has 1 aromatic rings. The summed E-state index contributed by atoms with van der Waals surface area (Å²) in [6.07, 6.45) is 1.25. The van der Waals surface area contributed by atoms with Crippen LogP contribution < -0.4 is 5.73 Å². The quantitative estimate of drug-likeness (QED) is 0.894. The van der Waals surface area contributed by atoms with Crippen LogP contribution in [0, 0.1) is 16.7 Å². The number of allylic oxidation sites excluding steroid dienone is 3. The normalized spacial score (nSPS) is 23.6. The van der Waals surface area contributed by atoms with Crippen molar-refractivity contribution >= 4 is 17.1 Å². The Morgan fingerprint density at radius 3 is 2.67 bits per heavy atom. The number of carbonyl (C=O) groups is 1. The molecule has 1 aromatic heterocycles. The third-order valence-corrected chi connectivity index (χ3v) is 5.33. The Balaban J connectivity index is 2.27. The zero-order valence-corrected chi connectivity index (χ0v) is 15.3. The molecule has 1 aliphatic carbocycles. The Labute approximate surface area is 146 Å². The van der Waals surface area contributed by atoms with Crippen molar-refractivity contribution in [3.05, 3.63) is 45.1 Å². The van der Waals surface area contributed by atoms with E-state index in [-0.39, 0.29) is 17.1 Å². The molecule has 0 radical (unpaired) electrons. The molecule has 24 heavy (non-hydrogen) atoms. The van der Waals surface area contributed by atoms with E-state index in [0.29, 0.717) is 17.8 Å². The lowest BCUT2D eigenvalue weighted by Gasteiger charge is -2.45. The molecule has 0 spiro atoms. The van der Waals surface area contributed by atoms with Gasteiger partial charge >= 0.3 is 0 Å². The fourth-order valence-corrected chi connectivity index (χ4v) is 4.41. The topological polar surface area (TPSA) is 73.4 Å². The maximum atomic E-state index is 13.0. The SMILES string of the molecule is CN(C)N1C(N)=C(C#N)[C@@H](c2ccsc2)C2=C1CC(C)(C)CC2=O. The lowest BCUT2D eigenvalue weighted by molar-refractivity contribution is -0.119. The lowest BCUT2D eigenvalue weighted by atomic mass is 9.69. The summed E-state index contributed by atoms with van der Waals surface area (Å²) in [5.74, 6) is 0.184. The molecule has 0 saturated carbocycles. The minimum Gasteiger partial charge on any atom is -0.383 e. The molecule has 2 heterocycles. The van der Waals surface area contributed by atoms with E-state index in [1.54, 1.807) is 11.3 Å². The molecule has 0 fully saturated rings. The number of hydrogen-bond donors (Lipinski definition) is 1. The molecule has 0 saturated heterocycles. The molecule has 2 aliphatic rings. The van der Waals surface area contributed by atoms with Gasteiger partial charge in [0.2, 0.25) is 0 Å². The van der Waals surface area contributed by atoms with Gasteiger partial charge in [-0.2, -0.15) is 16.6 Å². The number of hydrogen-bond acceptors (Lipinski definition) is 6. The standard InChI is InChI=1S/C18H22N4OS/c1-18(2)7-13-16(14(23)8-18)15(11-5-6-24-10-11)12(9-19)17(20)22(13)21(3)4/h5-6,10,15H,7-8,20H2,1-4H3/t15-/m1/s1. The van der Waals surface area contributed by atoms with E-state index >= 15 is 0 Å². The first-order valence-electron chi connectivity index (χ1n) is 7.92. The summed E-state index contributed by atoms with van der Waals surface area (Å²) in [7, 11) is 3.76. The molecule has 6 heteroatoms. The van der Waals surface area contributed by atoms with Crippen LogP contribution in [0.3, 0.4) is 0 Å². The van der Waals surface area contributed by atoms with E-state index in [0.717, 1.165) is 23.3 Å². The maximum Gasteiger partial charge on any atom is 0.162 e. The van der Waals surface area contributed by atoms with E-state index in [1.165, 1.54) is 0 Å². The number of nitriles is 1. The van der Waals surface area contributed by atoms with Crippen molar-refractivity contribution in [1.29, 1.82) is 5.26 Å². The van der Waals surface area contributed by atoms with Gasteiger partial charge in [-0.1, -0.05) is 13.8 Å². The van der Waals surface area contributed by atoms with Gasteiger partial charge in [0.15, 0.2) is 5.78 Å². The number of ketones is 1. The summed E-state index contributed by atoms with van der Waals surface area (Å²) in [4.78, 5) is 13.0. The van der Waals surface area contributed by atoms with Crippen LogP contribution in [0.1, 0.15) is 38.2 Å². The zero-order valence-electron chi connectivity index (χ0n) is 14.5. The highest BCUT2D eigenvalue weighted by Gasteiger charge is 2.44. The molecular formula is C18H22N4OS. The minimum absolute atomic E-state index is 0.115. The summed E-state index contributed by atoms with van der Waals surface area (Å²) in [6.45, 7) is 4.20. The predicted molar refractivity (Wildman–Crippen MR) is 94.5 cm³/mol. The molecule has 0 unspecified atom stereocenters. The predicted octanol–water partition coefficient (Wildman–Crippen LogP) is 2.96. The van der Waals surface area contributed by atoms with Gasteiger partial charge in [-0.15, -0.1) is 0 Å². The van der Waals surface area contributed by atoms with Gasteiger partial charge in [0, 0.05) is 31.8 Å². The van der Waals surface area contributed by atoms with Crippen LogP contribution >= 0.6 is 11.3 Å². The maximum absolute atomic E-state index is 13.0. The molecular weight excluding hydrogens is 320 g/mol. The lowest BCUT2D eigenvalue weighted by Crippen LogP contribution is -2.47. The Bertz CT molecular complexity index is 780. The van der Waals surface area contributed by atoms with Gasteiger partial charge in [0.05, 0.1) is 17.6 Å². The second-order valence-corrected chi connectivity index (χ2v) is 8.14. The average molecular weight is 342 g/mol. The second-order valence-electron chi connectivity index (χ2n) is 7.36. The highest BCUT2D eigenvalue weighted by molar-refractivity contribution is 7.08. The third kappa shape index (κ3) is 2.54. The molecule has 0 aromatic carbocycles. The van der Waals surface area contributed by atoms with Crippen LogP contribution in [0.25, 0.3) is 0 Å². The molecule has 0 bridgehead atoms. The number of rotatable bonds is 2. The number of thiophene rings is 1. The summed E-state index contributed by atoms with van der Waals surface area (Å²) < 4.78 is 0. The second kappa shape index (κ2) is 5.76. The van der Waals surface area contributed by atoms with Gasteiger partial charge in [0.25, 0.3) is 0 Å². The van der Waals surface area contributed by atoms with Crippen molar-refractivity contribution in [1.82, 2.24) is 10.0 Å². The van der Waals surface area contributed by atoms with Gasteiger partial charge in [-0.05, 0) is 34.2 Å². The largest absolute Gasteiger partial charge is 0.383 e. The van der Waals surface area contributed by atoms with Crippen molar-refractivity contribution < 1.29 is 4.79 Å². The van der Waals surface area contributed by atoms with Crippen LogP contribution in [-0.4, -0.2) is 29.9 Å². The van der Waals surface area contributed by atoms with Crippen LogP contribution in [-0.2, 0) is 4.79 Å². The first-order chi connectivity index (χ1) is 11.3. The fourth-order valence-electron chi connectivity index (χ4n) is 3.72. The highest BCUT2D eigenvalue weighted by atomic mass is 32.1. The van der Waals surface area contributed by atoms with E-state index in [4.69, 9.17) is 5.73 Å². The average Bonchev–Trinajstić information content (AvgIpc) is 2.97. The van der Waals surface area contributed by atoms with Crippen molar-refractivity contribution in [3.8, 4) is 6.07 Å². The molecule has 0 amide bonds. The highest BCUT2D eigenvalue weighted by Crippen LogP contribution is 2.49. The molecule has 3 rings (SSSR count). The number of nitrogens with zero attached hydrogens (tertiary/aromatic N) is 3. The molecule has 126 valence electrons. The van der Waals surface area contributed by atoms with Crippen molar-refractivity contribution in [2.75, 3.05) is 14.1 Å². The monoisotopic (exact) mass is 342 g/mol. The molecule has 2 N–H and O–H groups in total. The number of hydrazine groups is 1. The summed E-state index contributed by atoms with van der Waals surface area (Å²) in [5, 5.41) is 17.4. The van der Waals surface area contributed by atoms with Crippen molar-refractivity contribution in [3.63, 3.8) is 0 Å². The van der Waals surface area contributed by atoms with Crippen molar-refractivity contribution in [2.24, 2.45) is 11.1 Å². The number of nitrogens with two attached hydrogens (primary N) is 1. The van der Waals surface area contributed by atoms with Crippen LogP contribution in [0.2, 0.25) is 0 Å². The Hall–Kier alpha value is -2.10. The van der Waals surface area contributed by atoms with E-state index < -0.39 is 0 Å². The first kappa shape index (κ1) is 16.7. The molecule has 1 aliphatic heterocycles. The van der Waals surface area contributed by atoms with E-state index in [9.17, 15) is 10.1 Å². The van der Waals surface area contributed by atoms with Gasteiger partial charge in [-0.25, -0.2) is 5.01 Å². The molecule has 5 nitrogen and oxygen atoms in total. The van der Waals surface area contributed by atoms with Crippen LogP contribution in [0.5, 0.6) is 0 Å². The first-order valence-corrected chi connectivity index (χ1v) is 8.86. The number of Topliss-reactive ketones (excluding diaryl/α,β-unsaturated/α-hetero) is 1. The third-order valence-electron chi connectivity index (χ3n) is 4.63. The summed E-state index contributed by atoms with van der Waals surface area (Å²) in [5.41, 5.74) is 9.33.